The number of aliphatic hydroxyl groups is 1. The molecule has 2 unspecified atom stereocenters. The van der Waals surface area contributed by atoms with E-state index in [2.05, 4.69) is 15.9 Å². The molecule has 18 heavy (non-hydrogen) atoms. The van der Waals surface area contributed by atoms with Gasteiger partial charge in [-0.25, -0.2) is 4.79 Å². The van der Waals surface area contributed by atoms with E-state index in [0.717, 1.165) is 0 Å². The summed E-state index contributed by atoms with van der Waals surface area (Å²) in [6.07, 6.45) is -1.79. The topological polar surface area (TPSA) is 98.4 Å². The molecule has 0 spiro atoms. The third-order valence-electron chi connectivity index (χ3n) is 2.34. The molecular formula is C12H10BrNO4. The highest BCUT2D eigenvalue weighted by molar-refractivity contribution is 9.10. The average Bonchev–Trinajstić information content (AvgIpc) is 2.35. The minimum atomic E-state index is -1.79. The number of ketones is 1. The molecule has 1 rings (SSSR count). The van der Waals surface area contributed by atoms with Crippen molar-refractivity contribution < 1.29 is 19.8 Å². The lowest BCUT2D eigenvalue weighted by molar-refractivity contribution is -0.146. The number of carboxylic acid groups (broad SMARTS) is 1. The Morgan fingerprint density at radius 1 is 1.44 bits per heavy atom. The second-order valence-corrected chi connectivity index (χ2v) is 5.01. The summed E-state index contributed by atoms with van der Waals surface area (Å²) >= 11 is 3.08. The Hall–Kier alpha value is -1.71. The maximum atomic E-state index is 11.9. The van der Waals surface area contributed by atoms with Gasteiger partial charge in [-0.1, -0.05) is 22.0 Å². The second-order valence-electron chi connectivity index (χ2n) is 3.63. The largest absolute Gasteiger partial charge is 0.479 e. The van der Waals surface area contributed by atoms with E-state index >= 15 is 0 Å². The van der Waals surface area contributed by atoms with E-state index in [0.29, 0.717) is 0 Å². The molecule has 1 aromatic rings. The number of carbonyl (C=O) groups excluding carboxylic acids is 1. The predicted molar refractivity (Wildman–Crippen MR) is 66.5 cm³/mol. The molecular weight excluding hydrogens is 302 g/mol. The van der Waals surface area contributed by atoms with Crippen LogP contribution in [0.5, 0.6) is 0 Å². The number of nitrogens with zero attached hydrogens (tertiary/aromatic N) is 1. The first-order valence-electron chi connectivity index (χ1n) is 5.01. The fourth-order valence-electron chi connectivity index (χ4n) is 1.42. The Balaban J connectivity index is 3.39. The number of hydrogen-bond acceptors (Lipinski definition) is 4. The summed E-state index contributed by atoms with van der Waals surface area (Å²) < 4.78 is 0. The van der Waals surface area contributed by atoms with Gasteiger partial charge in [-0.15, -0.1) is 0 Å². The summed E-state index contributed by atoms with van der Waals surface area (Å²) in [6, 6.07) is 5.78. The maximum absolute atomic E-state index is 11.9. The minimum absolute atomic E-state index is 0.0159. The Bertz CT molecular complexity index is 533. The van der Waals surface area contributed by atoms with Crippen LogP contribution >= 0.6 is 15.9 Å². The van der Waals surface area contributed by atoms with Crippen LogP contribution in [0.2, 0.25) is 0 Å². The van der Waals surface area contributed by atoms with E-state index in [1.54, 1.807) is 6.92 Å². The summed E-state index contributed by atoms with van der Waals surface area (Å²) in [5.41, 5.74) is 0.249. The van der Waals surface area contributed by atoms with Gasteiger partial charge in [0.2, 0.25) is 0 Å². The second kappa shape index (κ2) is 5.76. The number of Topliss-reactive ketones (excluding diaryl/α,β-unsaturated/α-hetero) is 1. The van der Waals surface area contributed by atoms with Crippen LogP contribution in [0.15, 0.2) is 18.2 Å². The molecule has 0 saturated carbocycles. The van der Waals surface area contributed by atoms with Gasteiger partial charge in [0.05, 0.1) is 16.5 Å². The third-order valence-corrected chi connectivity index (χ3v) is 2.75. The minimum Gasteiger partial charge on any atom is -0.479 e. The number of benzene rings is 1. The first-order chi connectivity index (χ1) is 8.38. The number of hydrogen-bond donors (Lipinski definition) is 2. The lowest BCUT2D eigenvalue weighted by atomic mass is 9.96. The van der Waals surface area contributed by atoms with Crippen molar-refractivity contribution in [3.63, 3.8) is 0 Å². The molecule has 1 aromatic carbocycles. The zero-order valence-electron chi connectivity index (χ0n) is 9.42. The summed E-state index contributed by atoms with van der Waals surface area (Å²) in [5.74, 6) is -1.83. The molecule has 94 valence electrons. The van der Waals surface area contributed by atoms with Gasteiger partial charge < -0.3 is 10.2 Å². The van der Waals surface area contributed by atoms with Crippen LogP contribution in [-0.2, 0) is 4.79 Å². The Morgan fingerprint density at radius 3 is 2.50 bits per heavy atom. The van der Waals surface area contributed by atoms with Crippen molar-refractivity contribution >= 4 is 27.7 Å². The van der Waals surface area contributed by atoms with Crippen LogP contribution in [0.4, 0.5) is 0 Å². The van der Waals surface area contributed by atoms with Gasteiger partial charge in [-0.05, 0) is 19.1 Å². The highest BCUT2D eigenvalue weighted by Gasteiger charge is 2.24. The number of nitriles is 1. The van der Waals surface area contributed by atoms with Crippen LogP contribution < -0.4 is 0 Å². The van der Waals surface area contributed by atoms with Gasteiger partial charge in [-0.3, -0.25) is 4.79 Å². The highest BCUT2D eigenvalue weighted by Crippen LogP contribution is 2.23. The molecule has 2 N–H and O–H groups in total. The molecule has 0 aromatic heterocycles. The average molecular weight is 312 g/mol. The molecule has 2 atom stereocenters. The standard InChI is InChI=1S/C12H10BrNO4/c1-6(13)10(15)9-4-7(5-14)2-3-8(9)11(16)12(17)18/h2-4,6,11,16H,1H3,(H,17,18). The molecule has 0 fully saturated rings. The smallest absolute Gasteiger partial charge is 0.337 e. The van der Waals surface area contributed by atoms with Gasteiger partial charge in [0, 0.05) is 11.1 Å². The fourth-order valence-corrected chi connectivity index (χ4v) is 1.67. The maximum Gasteiger partial charge on any atom is 0.337 e. The van der Waals surface area contributed by atoms with Crippen molar-refractivity contribution in [2.75, 3.05) is 0 Å². The van der Waals surface area contributed by atoms with Crippen LogP contribution in [0.1, 0.15) is 34.5 Å². The molecule has 0 aliphatic heterocycles. The summed E-state index contributed by atoms with van der Waals surface area (Å²) in [6.45, 7) is 1.58. The van der Waals surface area contributed by atoms with Crippen LogP contribution in [-0.4, -0.2) is 26.8 Å². The lowest BCUT2D eigenvalue weighted by Gasteiger charge is -2.13. The number of carboxylic acids is 1. The quantitative estimate of drug-likeness (QED) is 0.650. The van der Waals surface area contributed by atoms with Gasteiger partial charge in [0.25, 0.3) is 0 Å². The molecule has 6 heteroatoms. The normalized spacial score (nSPS) is 13.4. The van der Waals surface area contributed by atoms with E-state index in [1.165, 1.54) is 18.2 Å². The van der Waals surface area contributed by atoms with Crippen LogP contribution in [0.25, 0.3) is 0 Å². The predicted octanol–water partition coefficient (Wildman–Crippen LogP) is 1.64. The molecule has 0 radical (unpaired) electrons. The number of halogens is 1. The van der Waals surface area contributed by atoms with Crippen molar-refractivity contribution in [1.82, 2.24) is 0 Å². The number of carbonyl (C=O) groups is 2. The van der Waals surface area contributed by atoms with Gasteiger partial charge in [0.15, 0.2) is 11.9 Å². The van der Waals surface area contributed by atoms with Crippen molar-refractivity contribution in [1.29, 1.82) is 5.26 Å². The SMILES string of the molecule is CC(Br)C(=O)c1cc(C#N)ccc1C(O)C(=O)O. The molecule has 0 aliphatic rings. The molecule has 5 nitrogen and oxygen atoms in total. The Labute approximate surface area is 112 Å². The molecule has 0 aliphatic carbocycles. The van der Waals surface area contributed by atoms with E-state index in [-0.39, 0.29) is 22.5 Å². The summed E-state index contributed by atoms with van der Waals surface area (Å²) in [7, 11) is 0. The van der Waals surface area contributed by atoms with Crippen molar-refractivity contribution in [2.45, 2.75) is 17.9 Å². The van der Waals surface area contributed by atoms with Crippen LogP contribution in [0, 0.1) is 11.3 Å². The fraction of sp³-hybridized carbons (Fsp3) is 0.250. The number of aliphatic hydroxyl groups excluding tert-OH is 1. The van der Waals surface area contributed by atoms with E-state index < -0.39 is 16.9 Å². The van der Waals surface area contributed by atoms with Crippen molar-refractivity contribution in [2.24, 2.45) is 0 Å². The third kappa shape index (κ3) is 2.94. The monoisotopic (exact) mass is 311 g/mol. The highest BCUT2D eigenvalue weighted by atomic mass is 79.9. The van der Waals surface area contributed by atoms with Gasteiger partial charge in [0.1, 0.15) is 0 Å². The number of rotatable bonds is 4. The van der Waals surface area contributed by atoms with E-state index in [9.17, 15) is 14.7 Å². The van der Waals surface area contributed by atoms with Gasteiger partial charge in [-0.2, -0.15) is 5.26 Å². The summed E-state index contributed by atoms with van der Waals surface area (Å²) in [4.78, 5) is 22.1. The molecule has 0 amide bonds. The number of aliphatic carboxylic acids is 1. The zero-order valence-corrected chi connectivity index (χ0v) is 11.0. The van der Waals surface area contributed by atoms with Gasteiger partial charge >= 0.3 is 5.97 Å². The van der Waals surface area contributed by atoms with Crippen molar-refractivity contribution in [3.8, 4) is 6.07 Å². The zero-order chi connectivity index (χ0) is 13.9. The first kappa shape index (κ1) is 14.4. The van der Waals surface area contributed by atoms with E-state index in [1.807, 2.05) is 6.07 Å². The van der Waals surface area contributed by atoms with Crippen LogP contribution in [0.3, 0.4) is 0 Å². The number of alkyl halides is 1. The van der Waals surface area contributed by atoms with Crippen molar-refractivity contribution in [3.05, 3.63) is 34.9 Å². The Morgan fingerprint density at radius 2 is 2.06 bits per heavy atom. The Kier molecular flexibility index (Phi) is 4.59. The first-order valence-corrected chi connectivity index (χ1v) is 5.93. The van der Waals surface area contributed by atoms with E-state index in [4.69, 9.17) is 10.4 Å². The molecule has 0 bridgehead atoms. The summed E-state index contributed by atoms with van der Waals surface area (Å²) in [5, 5.41) is 27.1. The lowest BCUT2D eigenvalue weighted by Crippen LogP contribution is -2.18. The molecule has 0 heterocycles. The molecule has 0 saturated heterocycles.